The predicted octanol–water partition coefficient (Wildman–Crippen LogP) is 2.03. The summed E-state index contributed by atoms with van der Waals surface area (Å²) in [5, 5.41) is 33.9. The maximum atomic E-state index is 9.90. The average Bonchev–Trinajstić information content (AvgIpc) is 2.39. The van der Waals surface area contributed by atoms with E-state index in [1.54, 1.807) is 0 Å². The Morgan fingerprint density at radius 3 is 1.70 bits per heavy atom. The van der Waals surface area contributed by atoms with E-state index in [1.165, 1.54) is 0 Å². The number of carbonyl (C=O) groups is 2. The van der Waals surface area contributed by atoms with E-state index in [0.29, 0.717) is 12.8 Å². The van der Waals surface area contributed by atoms with Gasteiger partial charge in [0.1, 0.15) is 0 Å². The lowest BCUT2D eigenvalue weighted by Gasteiger charge is -2.07. The normalized spacial score (nSPS) is 11.3. The first-order valence-corrected chi connectivity index (χ1v) is 7.16. The molecule has 1 atom stereocenters. The Morgan fingerprint density at radius 1 is 0.900 bits per heavy atom. The predicted molar refractivity (Wildman–Crippen MR) is 75.6 cm³/mol. The first kappa shape index (κ1) is 21.2. The van der Waals surface area contributed by atoms with Crippen LogP contribution in [0.2, 0.25) is 0 Å². The number of rotatable bonds is 11. The molecule has 0 aliphatic carbocycles. The molecule has 0 aliphatic rings. The van der Waals surface area contributed by atoms with Gasteiger partial charge >= 0.3 is 11.9 Å². The molecule has 0 aromatic carbocycles. The second kappa shape index (κ2) is 15.9. The number of aliphatic hydroxyl groups is 2. The second-order valence-electron chi connectivity index (χ2n) is 4.66. The third-order valence-corrected chi connectivity index (χ3v) is 2.62. The minimum atomic E-state index is -0.870. The lowest BCUT2D eigenvalue weighted by atomic mass is 10.1. The summed E-state index contributed by atoms with van der Waals surface area (Å²) in [6.07, 6.45) is 5.41. The summed E-state index contributed by atoms with van der Waals surface area (Å²) in [5.74, 6) is -1.74. The third-order valence-electron chi connectivity index (χ3n) is 2.62. The summed E-state index contributed by atoms with van der Waals surface area (Å²) in [4.78, 5) is 19.8. The van der Waals surface area contributed by atoms with Crippen LogP contribution in [0.4, 0.5) is 0 Å². The number of carboxylic acid groups (broad SMARTS) is 2. The van der Waals surface area contributed by atoms with Gasteiger partial charge in [-0.3, -0.25) is 9.59 Å². The molecule has 0 radical (unpaired) electrons. The number of carboxylic acids is 2. The van der Waals surface area contributed by atoms with Crippen molar-refractivity contribution in [3.05, 3.63) is 0 Å². The van der Waals surface area contributed by atoms with Crippen LogP contribution in [-0.4, -0.2) is 45.1 Å². The van der Waals surface area contributed by atoms with E-state index in [-0.39, 0.29) is 25.6 Å². The monoisotopic (exact) mass is 292 g/mol. The van der Waals surface area contributed by atoms with E-state index in [2.05, 4.69) is 6.92 Å². The summed E-state index contributed by atoms with van der Waals surface area (Å²) < 4.78 is 0. The van der Waals surface area contributed by atoms with Crippen molar-refractivity contribution in [2.45, 2.75) is 70.8 Å². The Labute approximate surface area is 120 Å². The van der Waals surface area contributed by atoms with Crippen molar-refractivity contribution < 1.29 is 30.0 Å². The standard InChI is InChI=1S/C8H18O2.C6H10O4/c1-2-3-5-8(10)6-4-7-9;7-5(8)3-1-2-4-6(9)10/h8-10H,2-7H2,1H3;1-4H2,(H,7,8)(H,9,10). The van der Waals surface area contributed by atoms with Gasteiger partial charge in [-0.2, -0.15) is 0 Å². The van der Waals surface area contributed by atoms with Crippen LogP contribution in [0.25, 0.3) is 0 Å². The van der Waals surface area contributed by atoms with Crippen LogP contribution in [0.5, 0.6) is 0 Å². The molecule has 6 heteroatoms. The molecule has 0 aliphatic heterocycles. The molecular formula is C14H28O6. The van der Waals surface area contributed by atoms with Crippen LogP contribution in [0.15, 0.2) is 0 Å². The average molecular weight is 292 g/mol. The van der Waals surface area contributed by atoms with Crippen LogP contribution in [0, 0.1) is 0 Å². The summed E-state index contributed by atoms with van der Waals surface area (Å²) in [7, 11) is 0. The van der Waals surface area contributed by atoms with Crippen LogP contribution >= 0.6 is 0 Å². The van der Waals surface area contributed by atoms with E-state index < -0.39 is 11.9 Å². The molecule has 4 N–H and O–H groups in total. The van der Waals surface area contributed by atoms with Gasteiger partial charge in [-0.25, -0.2) is 0 Å². The van der Waals surface area contributed by atoms with Gasteiger partial charge in [-0.15, -0.1) is 0 Å². The molecule has 0 heterocycles. The molecule has 0 amide bonds. The van der Waals surface area contributed by atoms with Gasteiger partial charge in [0.2, 0.25) is 0 Å². The van der Waals surface area contributed by atoms with Crippen LogP contribution < -0.4 is 0 Å². The van der Waals surface area contributed by atoms with Gasteiger partial charge in [0.05, 0.1) is 6.10 Å². The first-order valence-electron chi connectivity index (χ1n) is 7.16. The van der Waals surface area contributed by atoms with Gasteiger partial charge in [-0.1, -0.05) is 19.8 Å². The fraction of sp³-hybridized carbons (Fsp3) is 0.857. The van der Waals surface area contributed by atoms with E-state index in [9.17, 15) is 14.7 Å². The number of aliphatic carboxylic acids is 2. The highest BCUT2D eigenvalue weighted by molar-refractivity contribution is 5.67. The Balaban J connectivity index is 0. The van der Waals surface area contributed by atoms with E-state index in [0.717, 1.165) is 32.1 Å². The Bertz CT molecular complexity index is 218. The van der Waals surface area contributed by atoms with Gasteiger partial charge in [-0.05, 0) is 32.1 Å². The molecular weight excluding hydrogens is 264 g/mol. The summed E-state index contributed by atoms with van der Waals surface area (Å²) in [6.45, 7) is 2.31. The highest BCUT2D eigenvalue weighted by Gasteiger charge is 2.01. The fourth-order valence-electron chi connectivity index (χ4n) is 1.46. The molecule has 0 bridgehead atoms. The molecule has 120 valence electrons. The lowest BCUT2D eigenvalue weighted by Crippen LogP contribution is -2.06. The van der Waals surface area contributed by atoms with Crippen LogP contribution in [0.3, 0.4) is 0 Å². The zero-order valence-corrected chi connectivity index (χ0v) is 12.3. The highest BCUT2D eigenvalue weighted by Crippen LogP contribution is 2.05. The van der Waals surface area contributed by atoms with Gasteiger partial charge in [0, 0.05) is 19.4 Å². The summed E-state index contributed by atoms with van der Waals surface area (Å²) >= 11 is 0. The molecule has 6 nitrogen and oxygen atoms in total. The Kier molecular flexibility index (Phi) is 16.8. The first-order chi connectivity index (χ1) is 9.43. The third kappa shape index (κ3) is 22.1. The molecule has 0 fully saturated rings. The molecule has 20 heavy (non-hydrogen) atoms. The number of unbranched alkanes of at least 4 members (excludes halogenated alkanes) is 2. The molecule has 0 aromatic rings. The van der Waals surface area contributed by atoms with Crippen molar-refractivity contribution in [2.75, 3.05) is 6.61 Å². The van der Waals surface area contributed by atoms with Crippen molar-refractivity contribution in [2.24, 2.45) is 0 Å². The Hall–Kier alpha value is -1.14. The van der Waals surface area contributed by atoms with Gasteiger partial charge in [0.15, 0.2) is 0 Å². The Morgan fingerprint density at radius 2 is 1.35 bits per heavy atom. The molecule has 0 spiro atoms. The van der Waals surface area contributed by atoms with Crippen LogP contribution in [-0.2, 0) is 9.59 Å². The minimum Gasteiger partial charge on any atom is -0.481 e. The minimum absolute atomic E-state index is 0.0628. The topological polar surface area (TPSA) is 115 Å². The van der Waals surface area contributed by atoms with Gasteiger partial charge < -0.3 is 20.4 Å². The van der Waals surface area contributed by atoms with E-state index in [4.69, 9.17) is 15.3 Å². The van der Waals surface area contributed by atoms with Crippen LogP contribution in [0.1, 0.15) is 64.7 Å². The molecule has 0 rings (SSSR count). The number of hydrogen-bond donors (Lipinski definition) is 4. The van der Waals surface area contributed by atoms with Crippen molar-refractivity contribution in [3.63, 3.8) is 0 Å². The largest absolute Gasteiger partial charge is 0.481 e. The van der Waals surface area contributed by atoms with E-state index in [1.807, 2.05) is 0 Å². The van der Waals surface area contributed by atoms with E-state index >= 15 is 0 Å². The molecule has 1 unspecified atom stereocenters. The maximum Gasteiger partial charge on any atom is 0.303 e. The molecule has 0 saturated carbocycles. The molecule has 0 saturated heterocycles. The van der Waals surface area contributed by atoms with Crippen molar-refractivity contribution in [1.82, 2.24) is 0 Å². The number of hydrogen-bond acceptors (Lipinski definition) is 4. The zero-order valence-electron chi connectivity index (χ0n) is 12.3. The lowest BCUT2D eigenvalue weighted by molar-refractivity contribution is -0.139. The number of aliphatic hydroxyl groups excluding tert-OH is 2. The maximum absolute atomic E-state index is 9.90. The van der Waals surface area contributed by atoms with Crippen molar-refractivity contribution in [3.8, 4) is 0 Å². The smallest absolute Gasteiger partial charge is 0.303 e. The quantitative estimate of drug-likeness (QED) is 0.433. The SMILES string of the molecule is CCCCC(O)CCCO.O=C(O)CCCCC(=O)O. The van der Waals surface area contributed by atoms with Crippen molar-refractivity contribution >= 4 is 11.9 Å². The summed E-state index contributed by atoms with van der Waals surface area (Å²) in [5.41, 5.74) is 0. The highest BCUT2D eigenvalue weighted by atomic mass is 16.4. The zero-order chi connectivity index (χ0) is 15.8. The van der Waals surface area contributed by atoms with Crippen molar-refractivity contribution in [1.29, 1.82) is 0 Å². The fourth-order valence-corrected chi connectivity index (χ4v) is 1.46. The van der Waals surface area contributed by atoms with Gasteiger partial charge in [0.25, 0.3) is 0 Å². The molecule has 0 aromatic heterocycles. The second-order valence-corrected chi connectivity index (χ2v) is 4.66. The summed E-state index contributed by atoms with van der Waals surface area (Å²) in [6, 6.07) is 0.